The molecule has 0 heterocycles. The van der Waals surface area contributed by atoms with E-state index in [0.717, 1.165) is 0 Å². The summed E-state index contributed by atoms with van der Waals surface area (Å²) >= 11 is -2.36. The predicted octanol–water partition coefficient (Wildman–Crippen LogP) is 0.922. The molecule has 0 aliphatic rings. The lowest BCUT2D eigenvalue weighted by Crippen LogP contribution is -2.10. The van der Waals surface area contributed by atoms with Crippen LogP contribution in [0, 0.1) is 0 Å². The fourth-order valence-electron chi connectivity index (χ4n) is 2.04. The number of rotatable bonds is 16. The third-order valence-electron chi connectivity index (χ3n) is 3.23. The summed E-state index contributed by atoms with van der Waals surface area (Å²) in [7, 11) is -8.19. The lowest BCUT2D eigenvalue weighted by molar-refractivity contribution is 0.243. The van der Waals surface area contributed by atoms with Crippen molar-refractivity contribution >= 4 is 31.6 Å². The lowest BCUT2D eigenvalue weighted by atomic mass is 10.3. The summed E-state index contributed by atoms with van der Waals surface area (Å²) in [6.45, 7) is 0.114. The van der Waals surface area contributed by atoms with Crippen molar-refractivity contribution in [3.05, 3.63) is 18.2 Å². The van der Waals surface area contributed by atoms with Gasteiger partial charge in [0.05, 0.1) is 37.9 Å². The van der Waals surface area contributed by atoms with E-state index in [2.05, 4.69) is 4.18 Å². The standard InChI is InChI=1S/C15H24O12S3/c16-28(17)27-7-1-4-24-13-10-14(25-5-2-8-29(18,19)20)12-15(11-13)26-6-3-9-30(21,22)23/h10-12H,1-9H2,(H,16,17)(H,18,19,20)(H,21,22,23). The van der Waals surface area contributed by atoms with Crippen molar-refractivity contribution in [3.63, 3.8) is 0 Å². The van der Waals surface area contributed by atoms with Gasteiger partial charge in [-0.3, -0.25) is 17.8 Å². The molecule has 0 radical (unpaired) electrons. The van der Waals surface area contributed by atoms with Gasteiger partial charge in [0.1, 0.15) is 17.2 Å². The molecule has 0 aliphatic heterocycles. The molecular weight excluding hydrogens is 468 g/mol. The van der Waals surface area contributed by atoms with Gasteiger partial charge in [0.25, 0.3) is 20.2 Å². The quantitative estimate of drug-likeness (QED) is 0.169. The molecule has 0 bridgehead atoms. The van der Waals surface area contributed by atoms with Crippen LogP contribution in [-0.2, 0) is 35.8 Å². The SMILES string of the molecule is O=S(O)OCCCOc1cc(OCCCS(=O)(=O)O)cc(OCCCS(=O)(=O)O)c1. The van der Waals surface area contributed by atoms with Gasteiger partial charge in [-0.15, -0.1) is 0 Å². The molecule has 3 N–H and O–H groups in total. The Hall–Kier alpha value is -1.49. The number of benzene rings is 1. The van der Waals surface area contributed by atoms with Gasteiger partial charge in [0, 0.05) is 24.6 Å². The van der Waals surface area contributed by atoms with Gasteiger partial charge in [-0.2, -0.15) is 21.0 Å². The van der Waals surface area contributed by atoms with Crippen LogP contribution in [-0.4, -0.2) is 72.6 Å². The molecule has 0 fully saturated rings. The van der Waals surface area contributed by atoms with Crippen LogP contribution >= 0.6 is 0 Å². The summed E-state index contributed by atoms with van der Waals surface area (Å²) in [5.74, 6) is -0.0548. The van der Waals surface area contributed by atoms with Gasteiger partial charge in [-0.05, 0) is 12.8 Å². The highest BCUT2D eigenvalue weighted by molar-refractivity contribution is 7.86. The summed E-state index contributed by atoms with van der Waals surface area (Å²) in [6, 6.07) is 4.48. The third kappa shape index (κ3) is 14.5. The van der Waals surface area contributed by atoms with Gasteiger partial charge in [0.2, 0.25) is 0 Å². The zero-order valence-electron chi connectivity index (χ0n) is 15.8. The van der Waals surface area contributed by atoms with Crippen LogP contribution in [0.2, 0.25) is 0 Å². The van der Waals surface area contributed by atoms with Gasteiger partial charge in [-0.1, -0.05) is 0 Å². The molecular formula is C15H24O12S3. The van der Waals surface area contributed by atoms with E-state index in [-0.39, 0.29) is 50.8 Å². The van der Waals surface area contributed by atoms with Gasteiger partial charge in [0.15, 0.2) is 0 Å². The van der Waals surface area contributed by atoms with E-state index < -0.39 is 43.1 Å². The van der Waals surface area contributed by atoms with Crippen molar-refractivity contribution in [3.8, 4) is 17.2 Å². The summed E-state index contributed by atoms with van der Waals surface area (Å²) < 4.78 is 100. The highest BCUT2D eigenvalue weighted by Gasteiger charge is 2.09. The van der Waals surface area contributed by atoms with Crippen LogP contribution in [0.4, 0.5) is 0 Å². The minimum Gasteiger partial charge on any atom is -0.493 e. The van der Waals surface area contributed by atoms with Crippen LogP contribution < -0.4 is 14.2 Å². The van der Waals surface area contributed by atoms with Crippen molar-refractivity contribution in [2.24, 2.45) is 0 Å². The topological polar surface area (TPSA) is 183 Å². The largest absolute Gasteiger partial charge is 0.493 e. The molecule has 1 atom stereocenters. The van der Waals surface area contributed by atoms with E-state index >= 15 is 0 Å². The summed E-state index contributed by atoms with van der Waals surface area (Å²) in [5.41, 5.74) is 0. The zero-order chi connectivity index (χ0) is 22.6. The fourth-order valence-corrected chi connectivity index (χ4v) is 3.26. The molecule has 0 saturated heterocycles. The van der Waals surface area contributed by atoms with E-state index in [1.807, 2.05) is 0 Å². The van der Waals surface area contributed by atoms with Crippen molar-refractivity contribution in [2.45, 2.75) is 19.3 Å². The number of ether oxygens (including phenoxy) is 3. The smallest absolute Gasteiger partial charge is 0.301 e. The highest BCUT2D eigenvalue weighted by Crippen LogP contribution is 2.28. The molecule has 0 saturated carbocycles. The molecule has 1 aromatic carbocycles. The van der Waals surface area contributed by atoms with Crippen LogP contribution in [0.15, 0.2) is 18.2 Å². The molecule has 0 aromatic heterocycles. The second-order valence-corrected chi connectivity index (χ2v) is 9.67. The van der Waals surface area contributed by atoms with E-state index in [1.54, 1.807) is 0 Å². The first-order valence-electron chi connectivity index (χ1n) is 8.62. The maximum atomic E-state index is 10.7. The van der Waals surface area contributed by atoms with Crippen molar-refractivity contribution in [1.82, 2.24) is 0 Å². The second-order valence-electron chi connectivity index (χ2n) is 5.86. The van der Waals surface area contributed by atoms with Crippen LogP contribution in [0.5, 0.6) is 17.2 Å². The number of hydrogen-bond donors (Lipinski definition) is 3. The second kappa shape index (κ2) is 13.0. The Bertz CT molecular complexity index is 824. The number of hydrogen-bond acceptors (Lipinski definition) is 9. The highest BCUT2D eigenvalue weighted by atomic mass is 32.2. The Labute approximate surface area is 177 Å². The van der Waals surface area contributed by atoms with Gasteiger partial charge in [-0.25, -0.2) is 0 Å². The average molecular weight is 493 g/mol. The van der Waals surface area contributed by atoms with Crippen molar-refractivity contribution < 1.29 is 53.1 Å². The minimum absolute atomic E-state index is 0.00603. The first-order valence-corrected chi connectivity index (χ1v) is 12.9. The zero-order valence-corrected chi connectivity index (χ0v) is 18.3. The maximum Gasteiger partial charge on any atom is 0.301 e. The van der Waals surface area contributed by atoms with Crippen LogP contribution in [0.3, 0.4) is 0 Å². The average Bonchev–Trinajstić information content (AvgIpc) is 2.60. The first kappa shape index (κ1) is 26.5. The Morgan fingerprint density at radius 2 is 1.07 bits per heavy atom. The fraction of sp³-hybridized carbons (Fsp3) is 0.600. The molecule has 0 amide bonds. The molecule has 0 spiro atoms. The van der Waals surface area contributed by atoms with Crippen LogP contribution in [0.1, 0.15) is 19.3 Å². The monoisotopic (exact) mass is 492 g/mol. The molecule has 1 aromatic rings. The molecule has 30 heavy (non-hydrogen) atoms. The molecule has 0 aliphatic carbocycles. The lowest BCUT2D eigenvalue weighted by Gasteiger charge is -2.13. The Balaban J connectivity index is 2.67. The third-order valence-corrected chi connectivity index (χ3v) is 5.20. The first-order chi connectivity index (χ1) is 13.9. The maximum absolute atomic E-state index is 10.7. The molecule has 1 unspecified atom stereocenters. The molecule has 1 rings (SSSR count). The van der Waals surface area contributed by atoms with E-state index in [9.17, 15) is 21.0 Å². The van der Waals surface area contributed by atoms with Crippen molar-refractivity contribution in [2.75, 3.05) is 37.9 Å². The Morgan fingerprint density at radius 1 is 0.700 bits per heavy atom. The van der Waals surface area contributed by atoms with E-state index in [4.69, 9.17) is 27.9 Å². The van der Waals surface area contributed by atoms with Crippen LogP contribution in [0.25, 0.3) is 0 Å². The molecule has 174 valence electrons. The Morgan fingerprint density at radius 3 is 1.40 bits per heavy atom. The Kier molecular flexibility index (Phi) is 11.5. The van der Waals surface area contributed by atoms with Gasteiger partial charge >= 0.3 is 11.4 Å². The molecule has 12 nitrogen and oxygen atoms in total. The van der Waals surface area contributed by atoms with E-state index in [1.165, 1.54) is 18.2 Å². The van der Waals surface area contributed by atoms with E-state index in [0.29, 0.717) is 12.2 Å². The summed E-state index contributed by atoms with van der Waals surface area (Å²) in [6.07, 6.45) is 0.407. The van der Waals surface area contributed by atoms with Crippen molar-refractivity contribution in [1.29, 1.82) is 0 Å². The normalized spacial score (nSPS) is 13.0. The minimum atomic E-state index is -4.10. The van der Waals surface area contributed by atoms with Gasteiger partial charge < -0.3 is 14.2 Å². The summed E-state index contributed by atoms with van der Waals surface area (Å²) in [4.78, 5) is 0. The predicted molar refractivity (Wildman–Crippen MR) is 106 cm³/mol. The summed E-state index contributed by atoms with van der Waals surface area (Å²) in [5, 5.41) is 0. The molecule has 15 heteroatoms.